The van der Waals surface area contributed by atoms with E-state index in [9.17, 15) is 0 Å². The van der Waals surface area contributed by atoms with Crippen molar-refractivity contribution in [2.75, 3.05) is 0 Å². The molecule has 0 amide bonds. The van der Waals surface area contributed by atoms with Gasteiger partial charge >= 0.3 is 0 Å². The lowest BCUT2D eigenvalue weighted by molar-refractivity contribution is 1.12. The molecule has 0 aliphatic carbocycles. The highest BCUT2D eigenvalue weighted by atomic mass is 28.3. The van der Waals surface area contributed by atoms with Crippen molar-refractivity contribution in [3.05, 3.63) is 188 Å². The number of rotatable bonds is 5. The molecular formula is C45H31N3Si. The van der Waals surface area contributed by atoms with Crippen LogP contribution < -0.4 is 20.7 Å². The first-order chi connectivity index (χ1) is 24.3. The Labute approximate surface area is 285 Å². The number of aromatic nitrogens is 3. The van der Waals surface area contributed by atoms with E-state index in [-0.39, 0.29) is 0 Å². The summed E-state index contributed by atoms with van der Waals surface area (Å²) in [6.07, 6.45) is 0. The summed E-state index contributed by atoms with van der Waals surface area (Å²) in [5.41, 5.74) is 6.51. The van der Waals surface area contributed by atoms with Crippen LogP contribution in [0.3, 0.4) is 0 Å². The van der Waals surface area contributed by atoms with Crippen molar-refractivity contribution in [1.82, 2.24) is 14.0 Å². The average molecular weight is 642 g/mol. The fourth-order valence-electron chi connectivity index (χ4n) is 8.19. The summed E-state index contributed by atoms with van der Waals surface area (Å²) in [6, 6.07) is 68.8. The number of hydrogen-bond donors (Lipinski definition) is 0. The van der Waals surface area contributed by atoms with Gasteiger partial charge in [-0.05, 0) is 50.4 Å². The van der Waals surface area contributed by atoms with Gasteiger partial charge < -0.3 is 0 Å². The van der Waals surface area contributed by atoms with Gasteiger partial charge in [-0.1, -0.05) is 164 Å². The van der Waals surface area contributed by atoms with E-state index < -0.39 is 8.07 Å². The van der Waals surface area contributed by atoms with Crippen molar-refractivity contribution in [1.29, 1.82) is 0 Å². The van der Waals surface area contributed by atoms with Crippen LogP contribution in [0.2, 0.25) is 0 Å². The van der Waals surface area contributed by atoms with E-state index in [4.69, 9.17) is 4.98 Å². The first kappa shape index (κ1) is 27.8. The van der Waals surface area contributed by atoms with Crippen molar-refractivity contribution in [3.8, 4) is 5.69 Å². The van der Waals surface area contributed by atoms with Crippen LogP contribution in [-0.4, -0.2) is 22.0 Å². The Kier molecular flexibility index (Phi) is 6.20. The molecule has 0 radical (unpaired) electrons. The predicted molar refractivity (Wildman–Crippen MR) is 208 cm³/mol. The maximum Gasteiger partial charge on any atom is 0.179 e. The maximum atomic E-state index is 5.39. The number of pyridine rings is 1. The standard InChI is InChI=1S/C45H31N3Si/c1-4-16-33(17-5-1)49(34-18-6-2-7-19-34,35-20-8-3-9-21-35)36-30-28-32(29-31-36)47-42-27-15-13-25-40(42)43-45(47)48-41-26-14-12-23-38(41)37-22-10-11-24-39(37)44(48)46-43/h1-31H. The SMILES string of the molecule is c1ccc([Si](c2ccccc2)(c2ccccc2)c2ccc(-n3c4ccccc4c4nc5c6ccccc6c6ccccc6n5c43)cc2)cc1. The summed E-state index contributed by atoms with van der Waals surface area (Å²) in [7, 11) is -2.64. The van der Waals surface area contributed by atoms with Crippen LogP contribution in [0.15, 0.2) is 188 Å². The lowest BCUT2D eigenvalue weighted by Crippen LogP contribution is -2.74. The normalized spacial score (nSPS) is 12.1. The fraction of sp³-hybridized carbons (Fsp3) is 0. The number of nitrogens with zero attached hydrogens (tertiary/aromatic N) is 3. The van der Waals surface area contributed by atoms with Gasteiger partial charge in [0.05, 0.1) is 11.0 Å². The van der Waals surface area contributed by atoms with Gasteiger partial charge in [-0.3, -0.25) is 8.97 Å². The van der Waals surface area contributed by atoms with Gasteiger partial charge in [0.2, 0.25) is 0 Å². The Bertz CT molecular complexity index is 2700. The van der Waals surface area contributed by atoms with E-state index in [1.807, 2.05) is 0 Å². The molecule has 7 aromatic carbocycles. The largest absolute Gasteiger partial charge is 0.294 e. The molecule has 0 saturated carbocycles. The summed E-state index contributed by atoms with van der Waals surface area (Å²) >= 11 is 0. The minimum atomic E-state index is -2.64. The molecule has 0 aliphatic heterocycles. The van der Waals surface area contributed by atoms with Crippen LogP contribution in [0.25, 0.3) is 55.1 Å². The number of hydrogen-bond acceptors (Lipinski definition) is 1. The molecule has 0 saturated heterocycles. The zero-order chi connectivity index (χ0) is 32.4. The highest BCUT2D eigenvalue weighted by molar-refractivity contribution is 7.19. The molecular weight excluding hydrogens is 611 g/mol. The maximum absolute atomic E-state index is 5.39. The lowest BCUT2D eigenvalue weighted by Gasteiger charge is -2.34. The highest BCUT2D eigenvalue weighted by Gasteiger charge is 2.41. The summed E-state index contributed by atoms with van der Waals surface area (Å²) < 4.78 is 4.78. The molecule has 3 nitrogen and oxygen atoms in total. The molecule has 0 fully saturated rings. The van der Waals surface area contributed by atoms with Gasteiger partial charge in [-0.15, -0.1) is 0 Å². The summed E-state index contributed by atoms with van der Waals surface area (Å²) in [5.74, 6) is 0. The second-order valence-electron chi connectivity index (χ2n) is 12.8. The molecule has 230 valence electrons. The number of fused-ring (bicyclic) bond motifs is 10. The first-order valence-electron chi connectivity index (χ1n) is 16.8. The molecule has 4 heteroatoms. The van der Waals surface area contributed by atoms with Crippen LogP contribution in [0.4, 0.5) is 0 Å². The zero-order valence-electron chi connectivity index (χ0n) is 26.7. The van der Waals surface area contributed by atoms with Gasteiger partial charge in [0.15, 0.2) is 13.7 Å². The molecule has 0 spiro atoms. The lowest BCUT2D eigenvalue weighted by atomic mass is 10.1. The molecule has 0 unspecified atom stereocenters. The van der Waals surface area contributed by atoms with Crippen molar-refractivity contribution >= 4 is 78.2 Å². The molecule has 10 aromatic rings. The van der Waals surface area contributed by atoms with Crippen molar-refractivity contribution < 1.29 is 0 Å². The Morgan fingerprint density at radius 3 is 1.41 bits per heavy atom. The fourth-order valence-corrected chi connectivity index (χ4v) is 12.9. The van der Waals surface area contributed by atoms with Crippen LogP contribution in [-0.2, 0) is 0 Å². The van der Waals surface area contributed by atoms with Gasteiger partial charge in [-0.2, -0.15) is 0 Å². The second-order valence-corrected chi connectivity index (χ2v) is 16.6. The van der Waals surface area contributed by atoms with E-state index in [1.165, 1.54) is 31.5 Å². The monoisotopic (exact) mass is 641 g/mol. The summed E-state index contributed by atoms with van der Waals surface area (Å²) in [6.45, 7) is 0. The van der Waals surface area contributed by atoms with Crippen molar-refractivity contribution in [2.45, 2.75) is 0 Å². The quantitative estimate of drug-likeness (QED) is 0.106. The molecule has 10 rings (SSSR count). The molecule has 0 aliphatic rings. The Morgan fingerprint density at radius 1 is 0.367 bits per heavy atom. The average Bonchev–Trinajstić information content (AvgIpc) is 3.73. The molecule has 0 N–H and O–H groups in total. The second kappa shape index (κ2) is 10.9. The minimum absolute atomic E-state index is 0.985. The van der Waals surface area contributed by atoms with E-state index in [1.54, 1.807) is 0 Å². The van der Waals surface area contributed by atoms with Gasteiger partial charge in [0, 0.05) is 21.8 Å². The molecule has 3 heterocycles. The van der Waals surface area contributed by atoms with Gasteiger partial charge in [0.1, 0.15) is 11.2 Å². The predicted octanol–water partition coefficient (Wildman–Crippen LogP) is 8.12. The first-order valence-corrected chi connectivity index (χ1v) is 18.8. The van der Waals surface area contributed by atoms with E-state index in [2.05, 4.69) is 197 Å². The third-order valence-electron chi connectivity index (χ3n) is 10.2. The highest BCUT2D eigenvalue weighted by Crippen LogP contribution is 2.37. The van der Waals surface area contributed by atoms with Crippen LogP contribution in [0.5, 0.6) is 0 Å². The smallest absolute Gasteiger partial charge is 0.179 e. The minimum Gasteiger partial charge on any atom is -0.294 e. The number of para-hydroxylation sites is 2. The zero-order valence-corrected chi connectivity index (χ0v) is 27.7. The summed E-state index contributed by atoms with van der Waals surface area (Å²) in [5, 5.41) is 10.2. The third-order valence-corrected chi connectivity index (χ3v) is 15.0. The van der Waals surface area contributed by atoms with Crippen LogP contribution in [0.1, 0.15) is 0 Å². The van der Waals surface area contributed by atoms with E-state index in [0.29, 0.717) is 0 Å². The Morgan fingerprint density at radius 2 is 0.816 bits per heavy atom. The van der Waals surface area contributed by atoms with Crippen LogP contribution in [0, 0.1) is 0 Å². The summed E-state index contributed by atoms with van der Waals surface area (Å²) in [4.78, 5) is 5.39. The molecule has 0 atom stereocenters. The van der Waals surface area contributed by atoms with Crippen molar-refractivity contribution in [3.63, 3.8) is 0 Å². The van der Waals surface area contributed by atoms with Gasteiger partial charge in [-0.25, -0.2) is 4.98 Å². The number of benzene rings is 7. The van der Waals surface area contributed by atoms with E-state index in [0.717, 1.165) is 44.3 Å². The third kappa shape index (κ3) is 3.98. The Hall–Kier alpha value is -6.23. The number of imidazole rings is 1. The molecule has 49 heavy (non-hydrogen) atoms. The topological polar surface area (TPSA) is 22.2 Å². The van der Waals surface area contributed by atoms with Gasteiger partial charge in [0.25, 0.3) is 0 Å². The molecule has 3 aromatic heterocycles. The van der Waals surface area contributed by atoms with E-state index >= 15 is 0 Å². The Balaban J connectivity index is 1.28. The molecule has 0 bridgehead atoms. The van der Waals surface area contributed by atoms with Crippen molar-refractivity contribution in [2.24, 2.45) is 0 Å². The van der Waals surface area contributed by atoms with Crippen LogP contribution >= 0.6 is 0 Å².